The van der Waals surface area contributed by atoms with Gasteiger partial charge >= 0.3 is 16.5 Å². The number of nitrogen functional groups attached to an aromatic ring is 2. The molecule has 4 aromatic rings. The van der Waals surface area contributed by atoms with Gasteiger partial charge in [-0.05, 0) is 36.4 Å². The van der Waals surface area contributed by atoms with Crippen molar-refractivity contribution in [1.29, 1.82) is 0 Å². The zero-order chi connectivity index (χ0) is 37.9. The number of rotatable bonds is 13. The van der Waals surface area contributed by atoms with Crippen molar-refractivity contribution in [2.75, 3.05) is 29.1 Å². The third kappa shape index (κ3) is 10.4. The molecule has 0 amide bonds. The minimum absolute atomic E-state index is 0.0355. The number of pyridine rings is 1. The van der Waals surface area contributed by atoms with Gasteiger partial charge in [-0.1, -0.05) is 0 Å². The first-order valence-corrected chi connectivity index (χ1v) is 18.9. The van der Waals surface area contributed by atoms with Crippen LogP contribution in [0.25, 0.3) is 0 Å². The molecule has 28 heteroatoms. The molecule has 0 spiro atoms. The first-order chi connectivity index (χ1) is 23.5. The van der Waals surface area contributed by atoms with Gasteiger partial charge < -0.3 is 16.8 Å². The van der Waals surface area contributed by atoms with Gasteiger partial charge in [0.05, 0.1) is 17.3 Å². The van der Waals surface area contributed by atoms with Gasteiger partial charge in [-0.15, -0.1) is 20.5 Å². The molecule has 0 aliphatic rings. The molecule has 0 aliphatic carbocycles. The summed E-state index contributed by atoms with van der Waals surface area (Å²) in [6.07, 6.45) is -1.41. The van der Waals surface area contributed by atoms with Crippen LogP contribution in [0.4, 0.5) is 54.7 Å². The van der Waals surface area contributed by atoms with Crippen LogP contribution in [0.15, 0.2) is 83.7 Å². The second-order valence-corrected chi connectivity index (χ2v) is 15.5. The summed E-state index contributed by atoms with van der Waals surface area (Å²) in [6, 6.07) is 6.82. The van der Waals surface area contributed by atoms with Crippen LogP contribution in [0.3, 0.4) is 0 Å². The fraction of sp³-hybridized carbons (Fsp3) is 0.0870. The topological polar surface area (TPSA) is 359 Å². The Labute approximate surface area is 285 Å². The number of nitrogens with one attached hydrogen (secondary N) is 1. The Morgan fingerprint density at radius 1 is 0.686 bits per heavy atom. The van der Waals surface area contributed by atoms with Crippen LogP contribution in [0.1, 0.15) is 0 Å². The van der Waals surface area contributed by atoms with E-state index in [1.165, 1.54) is 0 Å². The van der Waals surface area contributed by atoms with Crippen LogP contribution in [0.2, 0.25) is 0 Å². The predicted octanol–water partition coefficient (Wildman–Crippen LogP) is 2.98. The number of aromatic nitrogens is 3. The average Bonchev–Trinajstić information content (AvgIpc) is 2.98. The normalized spacial score (nSPS) is 12.9. The van der Waals surface area contributed by atoms with E-state index in [2.05, 4.69) is 44.9 Å². The maximum atomic E-state index is 13.5. The lowest BCUT2D eigenvalue weighted by Crippen LogP contribution is -2.16. The van der Waals surface area contributed by atoms with Gasteiger partial charge in [0.2, 0.25) is 5.95 Å². The van der Waals surface area contributed by atoms with Crippen LogP contribution in [0, 0.1) is 12.0 Å². The quantitative estimate of drug-likeness (QED) is 0.0490. The molecule has 2 heterocycles. The SMILES string of the molecule is Nc1nc(N)c(/N=N/c2ccc(S(=O)(=O)CCOS(=O)(=O)O)cc2S(=O)(=O)O)cc1/N=N/c1cc(Nc2cc(F)nc(F)n2)ccc1S(=O)(=O)O. The standard InChI is InChI=1S/C23H20F2N10O12S4/c24-19-10-20(30-23(25)29-19)28-11-1-4-17(49(38,39)40)14(7-11)33-35-16-9-15(21(26)31-22(16)27)34-32-13-3-2-12(8-18(13)50(41,42)43)48(36,37)6-5-47-51(44,45)46/h1-4,7-10H,5-6H2,(H4,26,27,31)(H,28,29,30)(H,38,39,40)(H,41,42,43)(H,44,45,46)/b34-32+,35-33+. The summed E-state index contributed by atoms with van der Waals surface area (Å²) in [6.45, 7) is -1.03. The molecule has 0 bridgehead atoms. The first kappa shape index (κ1) is 38.6. The van der Waals surface area contributed by atoms with Crippen LogP contribution >= 0.6 is 0 Å². The third-order valence-electron chi connectivity index (χ3n) is 5.90. The first-order valence-electron chi connectivity index (χ1n) is 13.0. The molecule has 272 valence electrons. The van der Waals surface area contributed by atoms with Crippen LogP contribution in [-0.2, 0) is 44.7 Å². The van der Waals surface area contributed by atoms with Crippen molar-refractivity contribution in [2.45, 2.75) is 14.7 Å². The summed E-state index contributed by atoms with van der Waals surface area (Å²) in [5.74, 6) is -3.45. The van der Waals surface area contributed by atoms with Gasteiger partial charge in [0.1, 0.15) is 38.4 Å². The largest absolute Gasteiger partial charge is 0.397 e. The zero-order valence-corrected chi connectivity index (χ0v) is 28.0. The predicted molar refractivity (Wildman–Crippen MR) is 169 cm³/mol. The summed E-state index contributed by atoms with van der Waals surface area (Å²) in [4.78, 5) is 7.40. The Balaban J connectivity index is 1.69. The summed E-state index contributed by atoms with van der Waals surface area (Å²) in [7, 11) is -19.5. The second-order valence-electron chi connectivity index (χ2n) is 9.50. The summed E-state index contributed by atoms with van der Waals surface area (Å²) < 4.78 is 153. The van der Waals surface area contributed by atoms with Crippen LogP contribution < -0.4 is 16.8 Å². The molecular formula is C23H20F2N10O12S4. The molecule has 0 fully saturated rings. The maximum Gasteiger partial charge on any atom is 0.397 e. The number of halogens is 2. The molecule has 51 heavy (non-hydrogen) atoms. The van der Waals surface area contributed by atoms with E-state index in [1.54, 1.807) is 0 Å². The van der Waals surface area contributed by atoms with Gasteiger partial charge in [-0.2, -0.15) is 44.0 Å². The summed E-state index contributed by atoms with van der Waals surface area (Å²) in [5.41, 5.74) is 9.75. The number of benzene rings is 2. The molecular weight excluding hydrogens is 775 g/mol. The van der Waals surface area contributed by atoms with E-state index in [0.29, 0.717) is 6.07 Å². The van der Waals surface area contributed by atoms with Crippen LogP contribution in [-0.4, -0.2) is 74.6 Å². The Morgan fingerprint density at radius 3 is 1.84 bits per heavy atom. The molecule has 8 N–H and O–H groups in total. The summed E-state index contributed by atoms with van der Waals surface area (Å²) in [5, 5.41) is 17.4. The smallest absolute Gasteiger partial charge is 0.382 e. The van der Waals surface area contributed by atoms with E-state index in [-0.39, 0.29) is 22.9 Å². The number of sulfone groups is 1. The maximum absolute atomic E-state index is 13.5. The Hall–Kier alpha value is -5.23. The molecule has 0 saturated heterocycles. The minimum Gasteiger partial charge on any atom is -0.382 e. The molecule has 0 unspecified atom stereocenters. The van der Waals surface area contributed by atoms with Gasteiger partial charge in [0.25, 0.3) is 20.2 Å². The van der Waals surface area contributed by atoms with E-state index in [0.717, 1.165) is 42.5 Å². The van der Waals surface area contributed by atoms with Gasteiger partial charge in [-0.25, -0.2) is 17.6 Å². The number of hydrogen-bond donors (Lipinski definition) is 6. The van der Waals surface area contributed by atoms with E-state index >= 15 is 0 Å². The van der Waals surface area contributed by atoms with Crippen molar-refractivity contribution in [2.24, 2.45) is 20.5 Å². The number of nitrogens with two attached hydrogens (primary N) is 2. The summed E-state index contributed by atoms with van der Waals surface area (Å²) >= 11 is 0. The monoisotopic (exact) mass is 794 g/mol. The average molecular weight is 795 g/mol. The molecule has 0 saturated carbocycles. The lowest BCUT2D eigenvalue weighted by Gasteiger charge is -2.09. The van der Waals surface area contributed by atoms with E-state index in [1.807, 2.05) is 0 Å². The fourth-order valence-electron chi connectivity index (χ4n) is 3.73. The zero-order valence-electron chi connectivity index (χ0n) is 24.7. The van der Waals surface area contributed by atoms with Crippen molar-refractivity contribution < 1.29 is 60.3 Å². The number of azo groups is 2. The van der Waals surface area contributed by atoms with Gasteiger partial charge in [-0.3, -0.25) is 13.7 Å². The third-order valence-corrected chi connectivity index (χ3v) is 9.82. The molecule has 0 aliphatic heterocycles. The second kappa shape index (κ2) is 14.6. The van der Waals surface area contributed by atoms with Gasteiger partial charge in [0.15, 0.2) is 21.5 Å². The Bertz CT molecular complexity index is 2520. The van der Waals surface area contributed by atoms with Crippen molar-refractivity contribution >= 4 is 86.4 Å². The van der Waals surface area contributed by atoms with Crippen LogP contribution in [0.5, 0.6) is 0 Å². The molecule has 22 nitrogen and oxygen atoms in total. The lowest BCUT2D eigenvalue weighted by molar-refractivity contribution is 0.284. The molecule has 2 aromatic carbocycles. The highest BCUT2D eigenvalue weighted by Crippen LogP contribution is 2.36. The van der Waals surface area contributed by atoms with E-state index in [4.69, 9.17) is 16.0 Å². The number of hydrogen-bond acceptors (Lipinski definition) is 19. The molecule has 0 atom stereocenters. The highest BCUT2D eigenvalue weighted by atomic mass is 32.3. The lowest BCUT2D eigenvalue weighted by atomic mass is 10.3. The van der Waals surface area contributed by atoms with Crippen molar-refractivity contribution in [3.8, 4) is 0 Å². The van der Waals surface area contributed by atoms with Crippen molar-refractivity contribution in [3.05, 3.63) is 60.6 Å². The number of anilines is 4. The Kier molecular flexibility index (Phi) is 11.0. The van der Waals surface area contributed by atoms with Gasteiger partial charge in [0, 0.05) is 17.8 Å². The highest BCUT2D eigenvalue weighted by Gasteiger charge is 2.23. The number of nitrogens with zero attached hydrogens (tertiary/aromatic N) is 7. The fourth-order valence-corrected chi connectivity index (χ4v) is 6.57. The van der Waals surface area contributed by atoms with E-state index < -0.39 is 103 Å². The minimum atomic E-state index is -5.18. The Morgan fingerprint density at radius 2 is 1.27 bits per heavy atom. The molecule has 4 rings (SSSR count). The van der Waals surface area contributed by atoms with Crippen molar-refractivity contribution in [1.82, 2.24) is 15.0 Å². The molecule has 0 radical (unpaired) electrons. The molecule has 2 aromatic heterocycles. The highest BCUT2D eigenvalue weighted by molar-refractivity contribution is 7.91. The van der Waals surface area contributed by atoms with E-state index in [9.17, 15) is 51.6 Å². The van der Waals surface area contributed by atoms with Crippen molar-refractivity contribution in [3.63, 3.8) is 0 Å².